The van der Waals surface area contributed by atoms with Crippen molar-refractivity contribution in [2.75, 3.05) is 43.9 Å². The van der Waals surface area contributed by atoms with Gasteiger partial charge >= 0.3 is 0 Å². The van der Waals surface area contributed by atoms with E-state index < -0.39 is 9.84 Å². The number of sulfone groups is 1. The fourth-order valence-electron chi connectivity index (χ4n) is 2.96. The Kier molecular flexibility index (Phi) is 4.78. The number of nitrogens with zero attached hydrogens (tertiary/aromatic N) is 2. The first-order valence-electron chi connectivity index (χ1n) is 8.06. The van der Waals surface area contributed by atoms with Gasteiger partial charge < -0.3 is 15.5 Å². The molecule has 0 unspecified atom stereocenters. The molecule has 0 amide bonds. The summed E-state index contributed by atoms with van der Waals surface area (Å²) in [6.07, 6.45) is 0. The maximum atomic E-state index is 12.6. The van der Waals surface area contributed by atoms with Crippen LogP contribution in [-0.2, 0) is 15.6 Å². The van der Waals surface area contributed by atoms with Crippen LogP contribution in [0, 0.1) is 0 Å². The summed E-state index contributed by atoms with van der Waals surface area (Å²) in [6.45, 7) is 3.75. The predicted octanol–water partition coefficient (Wildman–Crippen LogP) is 1.99. The zero-order valence-electron chi connectivity index (χ0n) is 13.9. The first-order valence-corrected chi connectivity index (χ1v) is 9.71. The first-order chi connectivity index (χ1) is 11.5. The van der Waals surface area contributed by atoms with Crippen molar-refractivity contribution in [3.8, 4) is 0 Å². The second-order valence-electron chi connectivity index (χ2n) is 6.21. The van der Waals surface area contributed by atoms with E-state index in [-0.39, 0.29) is 5.75 Å². The fraction of sp³-hybridized carbons (Fsp3) is 0.333. The number of hydrogen-bond donors (Lipinski definition) is 1. The van der Waals surface area contributed by atoms with Crippen molar-refractivity contribution in [3.05, 3.63) is 54.1 Å². The molecule has 1 aliphatic rings. The Bertz CT molecular complexity index is 798. The highest BCUT2D eigenvalue weighted by Gasteiger charge is 2.21. The average molecular weight is 345 g/mol. The molecule has 0 radical (unpaired) electrons. The summed E-state index contributed by atoms with van der Waals surface area (Å²) < 4.78 is 25.2. The number of rotatable bonds is 4. The van der Waals surface area contributed by atoms with Crippen LogP contribution in [0.3, 0.4) is 0 Å². The largest absolute Gasteiger partial charge is 0.397 e. The lowest BCUT2D eigenvalue weighted by atomic mass is 10.1. The molecular weight excluding hydrogens is 322 g/mol. The quantitative estimate of drug-likeness (QED) is 0.859. The third kappa shape index (κ3) is 3.55. The topological polar surface area (TPSA) is 66.6 Å². The number of nitrogen functional groups attached to an aromatic ring is 1. The smallest absolute Gasteiger partial charge is 0.182 e. The van der Waals surface area contributed by atoms with E-state index in [4.69, 9.17) is 5.73 Å². The summed E-state index contributed by atoms with van der Waals surface area (Å²) in [6, 6.07) is 14.2. The SMILES string of the molecule is CN1CCN(c2cccc(CS(=O)(=O)c3ccccc3)c2N)CC1. The number of hydrogen-bond acceptors (Lipinski definition) is 5. The number of para-hydroxylation sites is 1. The number of benzene rings is 2. The molecule has 2 aromatic rings. The molecule has 1 fully saturated rings. The maximum absolute atomic E-state index is 12.6. The molecule has 6 heteroatoms. The van der Waals surface area contributed by atoms with E-state index in [1.165, 1.54) is 0 Å². The minimum Gasteiger partial charge on any atom is -0.397 e. The molecule has 1 saturated heterocycles. The number of nitrogens with two attached hydrogens (primary N) is 1. The Morgan fingerprint density at radius 3 is 2.29 bits per heavy atom. The molecule has 0 bridgehead atoms. The van der Waals surface area contributed by atoms with Gasteiger partial charge in [-0.05, 0) is 30.8 Å². The van der Waals surface area contributed by atoms with Gasteiger partial charge in [-0.15, -0.1) is 0 Å². The monoisotopic (exact) mass is 345 g/mol. The summed E-state index contributed by atoms with van der Waals surface area (Å²) >= 11 is 0. The molecule has 0 aromatic heterocycles. The van der Waals surface area contributed by atoms with E-state index in [1.807, 2.05) is 12.1 Å². The van der Waals surface area contributed by atoms with Crippen LogP contribution < -0.4 is 10.6 Å². The zero-order valence-corrected chi connectivity index (χ0v) is 14.7. The van der Waals surface area contributed by atoms with Crippen LogP contribution >= 0.6 is 0 Å². The number of likely N-dealkylation sites (N-methyl/N-ethyl adjacent to an activating group) is 1. The second kappa shape index (κ2) is 6.83. The molecule has 0 atom stereocenters. The molecule has 0 saturated carbocycles. The maximum Gasteiger partial charge on any atom is 0.182 e. The van der Waals surface area contributed by atoms with Gasteiger partial charge in [0, 0.05) is 26.2 Å². The molecule has 3 rings (SSSR count). The molecule has 1 heterocycles. The third-order valence-corrected chi connectivity index (χ3v) is 6.15. The van der Waals surface area contributed by atoms with Crippen LogP contribution in [0.2, 0.25) is 0 Å². The standard InChI is InChI=1S/C18H23N3O2S/c1-20-10-12-21(13-11-20)17-9-5-6-15(18(17)19)14-24(22,23)16-7-3-2-4-8-16/h2-9H,10-14,19H2,1H3. The minimum absolute atomic E-state index is 0.0789. The molecule has 24 heavy (non-hydrogen) atoms. The van der Waals surface area contributed by atoms with Crippen LogP contribution in [0.5, 0.6) is 0 Å². The van der Waals surface area contributed by atoms with E-state index in [9.17, 15) is 8.42 Å². The summed E-state index contributed by atoms with van der Waals surface area (Å²) in [5.74, 6) is -0.0789. The Hall–Kier alpha value is -2.05. The van der Waals surface area contributed by atoms with E-state index in [2.05, 4.69) is 16.8 Å². The normalized spacial score (nSPS) is 16.3. The van der Waals surface area contributed by atoms with Gasteiger partial charge in [-0.2, -0.15) is 0 Å². The lowest BCUT2D eigenvalue weighted by Gasteiger charge is -2.35. The van der Waals surface area contributed by atoms with E-state index in [1.54, 1.807) is 36.4 Å². The second-order valence-corrected chi connectivity index (χ2v) is 8.20. The van der Waals surface area contributed by atoms with Crippen LogP contribution in [0.15, 0.2) is 53.4 Å². The van der Waals surface area contributed by atoms with Gasteiger partial charge in [-0.3, -0.25) is 0 Å². The lowest BCUT2D eigenvalue weighted by molar-refractivity contribution is 0.313. The van der Waals surface area contributed by atoms with Gasteiger partial charge in [0.25, 0.3) is 0 Å². The van der Waals surface area contributed by atoms with Crippen molar-refractivity contribution >= 4 is 21.2 Å². The molecule has 0 spiro atoms. The molecule has 0 aliphatic carbocycles. The highest BCUT2D eigenvalue weighted by Crippen LogP contribution is 2.30. The van der Waals surface area contributed by atoms with Crippen LogP contribution in [0.25, 0.3) is 0 Å². The van der Waals surface area contributed by atoms with Crippen LogP contribution in [-0.4, -0.2) is 46.5 Å². The Morgan fingerprint density at radius 2 is 1.62 bits per heavy atom. The Labute approximate surface area is 143 Å². The van der Waals surface area contributed by atoms with E-state index >= 15 is 0 Å². The van der Waals surface area contributed by atoms with Gasteiger partial charge in [0.05, 0.1) is 22.0 Å². The summed E-state index contributed by atoms with van der Waals surface area (Å²) in [5, 5.41) is 0. The van der Waals surface area contributed by atoms with Crippen LogP contribution in [0.1, 0.15) is 5.56 Å². The molecule has 1 aliphatic heterocycles. The predicted molar refractivity (Wildman–Crippen MR) is 97.9 cm³/mol. The summed E-state index contributed by atoms with van der Waals surface area (Å²) in [5.41, 5.74) is 8.48. The molecular formula is C18H23N3O2S. The Morgan fingerprint density at radius 1 is 0.958 bits per heavy atom. The molecule has 2 aromatic carbocycles. The highest BCUT2D eigenvalue weighted by molar-refractivity contribution is 7.90. The molecule has 2 N–H and O–H groups in total. The average Bonchev–Trinajstić information content (AvgIpc) is 2.58. The zero-order chi connectivity index (χ0) is 17.2. The van der Waals surface area contributed by atoms with Gasteiger partial charge in [-0.25, -0.2) is 8.42 Å². The Balaban J connectivity index is 1.86. The van der Waals surface area contributed by atoms with Crippen molar-refractivity contribution < 1.29 is 8.42 Å². The van der Waals surface area contributed by atoms with Gasteiger partial charge in [-0.1, -0.05) is 30.3 Å². The van der Waals surface area contributed by atoms with Gasteiger partial charge in [0.1, 0.15) is 0 Å². The first kappa shape index (κ1) is 16.8. The minimum atomic E-state index is -3.40. The summed E-state index contributed by atoms with van der Waals surface area (Å²) in [4.78, 5) is 4.83. The lowest BCUT2D eigenvalue weighted by Crippen LogP contribution is -2.44. The summed E-state index contributed by atoms with van der Waals surface area (Å²) in [7, 11) is -1.30. The molecule has 5 nitrogen and oxygen atoms in total. The van der Waals surface area contributed by atoms with Crippen molar-refractivity contribution in [2.24, 2.45) is 0 Å². The fourth-order valence-corrected chi connectivity index (χ4v) is 4.36. The van der Waals surface area contributed by atoms with Crippen molar-refractivity contribution in [1.82, 2.24) is 4.90 Å². The number of anilines is 2. The van der Waals surface area contributed by atoms with Crippen molar-refractivity contribution in [1.29, 1.82) is 0 Å². The third-order valence-electron chi connectivity index (χ3n) is 4.47. The van der Waals surface area contributed by atoms with Gasteiger partial charge in [0.15, 0.2) is 9.84 Å². The molecule has 128 valence electrons. The van der Waals surface area contributed by atoms with Gasteiger partial charge in [0.2, 0.25) is 0 Å². The van der Waals surface area contributed by atoms with Crippen molar-refractivity contribution in [2.45, 2.75) is 10.6 Å². The van der Waals surface area contributed by atoms with Crippen LogP contribution in [0.4, 0.5) is 11.4 Å². The number of piperazine rings is 1. The highest BCUT2D eigenvalue weighted by atomic mass is 32.2. The van der Waals surface area contributed by atoms with E-state index in [0.717, 1.165) is 31.9 Å². The van der Waals surface area contributed by atoms with Crippen molar-refractivity contribution in [3.63, 3.8) is 0 Å². The van der Waals surface area contributed by atoms with E-state index in [0.29, 0.717) is 16.1 Å².